The summed E-state index contributed by atoms with van der Waals surface area (Å²) in [6.07, 6.45) is 3.78. The smallest absolute Gasteiger partial charge is 0.127 e. The summed E-state index contributed by atoms with van der Waals surface area (Å²) in [7, 11) is 0. The Morgan fingerprint density at radius 2 is 2.31 bits per heavy atom. The predicted octanol–water partition coefficient (Wildman–Crippen LogP) is 2.68. The van der Waals surface area contributed by atoms with Crippen molar-refractivity contribution >= 4 is 11.6 Å². The van der Waals surface area contributed by atoms with Crippen LogP contribution in [-0.2, 0) is 0 Å². The van der Waals surface area contributed by atoms with Gasteiger partial charge >= 0.3 is 0 Å². The molecule has 68 valence electrons. The van der Waals surface area contributed by atoms with Crippen molar-refractivity contribution in [3.05, 3.63) is 46.9 Å². The minimum atomic E-state index is -0.192. The molecule has 0 spiro atoms. The molecule has 2 rings (SSSR count). The highest BCUT2D eigenvalue weighted by molar-refractivity contribution is 6.30. The summed E-state index contributed by atoms with van der Waals surface area (Å²) in [6, 6.07) is 4.65. The van der Waals surface area contributed by atoms with Crippen molar-refractivity contribution in [1.82, 2.24) is 5.32 Å². The Labute approximate surface area is 81.2 Å². The molecule has 0 bridgehead atoms. The second kappa shape index (κ2) is 3.38. The third-order valence-corrected chi connectivity index (χ3v) is 2.38. The molecule has 1 aromatic rings. The average molecular weight is 198 g/mol. The number of hydrogen-bond acceptors (Lipinski definition) is 1. The fraction of sp³-hybridized carbons (Fsp3) is 0.200. The Morgan fingerprint density at radius 1 is 1.46 bits per heavy atom. The number of hydrogen-bond donors (Lipinski definition) is 1. The summed E-state index contributed by atoms with van der Waals surface area (Å²) in [5.41, 5.74) is 0.661. The average Bonchev–Trinajstić information content (AvgIpc) is 2.61. The third-order valence-electron chi connectivity index (χ3n) is 2.14. The Hall–Kier alpha value is -1.02. The molecule has 1 aromatic carbocycles. The van der Waals surface area contributed by atoms with E-state index in [0.717, 1.165) is 6.54 Å². The molecule has 1 aliphatic rings. The summed E-state index contributed by atoms with van der Waals surface area (Å²) in [4.78, 5) is 0. The van der Waals surface area contributed by atoms with E-state index in [0.29, 0.717) is 10.6 Å². The van der Waals surface area contributed by atoms with Gasteiger partial charge in [-0.2, -0.15) is 0 Å². The summed E-state index contributed by atoms with van der Waals surface area (Å²) in [6.45, 7) is 0.747. The lowest BCUT2D eigenvalue weighted by Gasteiger charge is -2.08. The fourth-order valence-corrected chi connectivity index (χ4v) is 1.64. The van der Waals surface area contributed by atoms with Crippen LogP contribution in [0.4, 0.5) is 4.39 Å². The van der Waals surface area contributed by atoms with Gasteiger partial charge in [-0.3, -0.25) is 0 Å². The van der Waals surface area contributed by atoms with Crippen LogP contribution in [0.15, 0.2) is 30.5 Å². The van der Waals surface area contributed by atoms with Crippen molar-refractivity contribution < 1.29 is 4.39 Å². The van der Waals surface area contributed by atoms with Crippen LogP contribution in [0.1, 0.15) is 11.5 Å². The van der Waals surface area contributed by atoms with Crippen molar-refractivity contribution in [2.24, 2.45) is 0 Å². The second-order valence-electron chi connectivity index (χ2n) is 3.04. The van der Waals surface area contributed by atoms with Gasteiger partial charge in [0.1, 0.15) is 5.82 Å². The summed E-state index contributed by atoms with van der Waals surface area (Å²) < 4.78 is 13.3. The van der Waals surface area contributed by atoms with E-state index in [-0.39, 0.29) is 11.7 Å². The molecule has 0 radical (unpaired) electrons. The summed E-state index contributed by atoms with van der Waals surface area (Å²) >= 11 is 5.78. The zero-order chi connectivity index (χ0) is 9.26. The second-order valence-corrected chi connectivity index (χ2v) is 3.48. The summed E-state index contributed by atoms with van der Waals surface area (Å²) in [5.74, 6) is -0.0820. The van der Waals surface area contributed by atoms with Gasteiger partial charge in [-0.15, -0.1) is 0 Å². The molecule has 13 heavy (non-hydrogen) atoms. The minimum Gasteiger partial charge on any atom is -0.390 e. The van der Waals surface area contributed by atoms with Crippen LogP contribution in [-0.4, -0.2) is 6.54 Å². The molecular formula is C10H9ClFN. The Balaban J connectivity index is 2.37. The van der Waals surface area contributed by atoms with Crippen molar-refractivity contribution in [1.29, 1.82) is 0 Å². The van der Waals surface area contributed by atoms with Crippen molar-refractivity contribution in [2.45, 2.75) is 5.92 Å². The van der Waals surface area contributed by atoms with Gasteiger partial charge in [-0.05, 0) is 30.0 Å². The van der Waals surface area contributed by atoms with Crippen LogP contribution >= 0.6 is 11.6 Å². The minimum absolute atomic E-state index is 0.110. The van der Waals surface area contributed by atoms with Gasteiger partial charge in [0.15, 0.2) is 0 Å². The molecule has 0 saturated carbocycles. The largest absolute Gasteiger partial charge is 0.390 e. The normalized spacial score (nSPS) is 20.3. The molecule has 1 atom stereocenters. The molecule has 0 aliphatic carbocycles. The van der Waals surface area contributed by atoms with Gasteiger partial charge in [-0.25, -0.2) is 4.39 Å². The van der Waals surface area contributed by atoms with Gasteiger partial charge in [0.05, 0.1) is 0 Å². The van der Waals surface area contributed by atoms with E-state index >= 15 is 0 Å². The monoisotopic (exact) mass is 197 g/mol. The molecule has 1 unspecified atom stereocenters. The number of rotatable bonds is 1. The SMILES string of the molecule is Fc1ccc(Cl)cc1C1C=CNC1. The lowest BCUT2D eigenvalue weighted by atomic mass is 10.0. The van der Waals surface area contributed by atoms with E-state index in [9.17, 15) is 4.39 Å². The summed E-state index contributed by atoms with van der Waals surface area (Å²) in [5, 5.41) is 3.61. The maximum absolute atomic E-state index is 13.3. The molecule has 1 heterocycles. The molecule has 1 nitrogen and oxygen atoms in total. The highest BCUT2D eigenvalue weighted by Gasteiger charge is 2.15. The molecule has 0 fully saturated rings. The van der Waals surface area contributed by atoms with E-state index < -0.39 is 0 Å². The predicted molar refractivity (Wildman–Crippen MR) is 51.3 cm³/mol. The van der Waals surface area contributed by atoms with Gasteiger partial charge in [0.2, 0.25) is 0 Å². The van der Waals surface area contributed by atoms with Crippen LogP contribution in [0.3, 0.4) is 0 Å². The van der Waals surface area contributed by atoms with E-state index in [4.69, 9.17) is 11.6 Å². The molecule has 0 saturated heterocycles. The van der Waals surface area contributed by atoms with Crippen LogP contribution in [0.25, 0.3) is 0 Å². The Morgan fingerprint density at radius 3 is 3.00 bits per heavy atom. The maximum atomic E-state index is 13.3. The first-order valence-corrected chi connectivity index (χ1v) is 4.50. The Bertz CT molecular complexity index is 349. The fourth-order valence-electron chi connectivity index (χ4n) is 1.46. The van der Waals surface area contributed by atoms with Gasteiger partial charge < -0.3 is 5.32 Å². The lowest BCUT2D eigenvalue weighted by molar-refractivity contribution is 0.600. The first-order chi connectivity index (χ1) is 6.27. The zero-order valence-corrected chi connectivity index (χ0v) is 7.68. The van der Waals surface area contributed by atoms with Gasteiger partial charge in [0, 0.05) is 17.5 Å². The van der Waals surface area contributed by atoms with Crippen LogP contribution in [0, 0.1) is 5.82 Å². The molecule has 3 heteroatoms. The van der Waals surface area contributed by atoms with E-state index in [1.807, 2.05) is 12.3 Å². The van der Waals surface area contributed by atoms with Gasteiger partial charge in [0.25, 0.3) is 0 Å². The van der Waals surface area contributed by atoms with Crippen LogP contribution in [0.5, 0.6) is 0 Å². The zero-order valence-electron chi connectivity index (χ0n) is 6.93. The van der Waals surface area contributed by atoms with Crippen molar-refractivity contribution in [3.8, 4) is 0 Å². The van der Waals surface area contributed by atoms with E-state index in [1.54, 1.807) is 12.1 Å². The third kappa shape index (κ3) is 1.68. The van der Waals surface area contributed by atoms with Crippen LogP contribution < -0.4 is 5.32 Å². The van der Waals surface area contributed by atoms with Gasteiger partial charge in [-0.1, -0.05) is 17.7 Å². The first-order valence-electron chi connectivity index (χ1n) is 4.12. The van der Waals surface area contributed by atoms with E-state index in [1.165, 1.54) is 6.07 Å². The lowest BCUT2D eigenvalue weighted by Crippen LogP contribution is -2.08. The molecule has 0 amide bonds. The van der Waals surface area contributed by atoms with Crippen LogP contribution in [0.2, 0.25) is 5.02 Å². The van der Waals surface area contributed by atoms with E-state index in [2.05, 4.69) is 5.32 Å². The maximum Gasteiger partial charge on any atom is 0.127 e. The van der Waals surface area contributed by atoms with Crippen molar-refractivity contribution in [2.75, 3.05) is 6.54 Å². The number of halogens is 2. The molecular weight excluding hydrogens is 189 g/mol. The standard InChI is InChI=1S/C10H9ClFN/c11-8-1-2-10(12)9(5-8)7-3-4-13-6-7/h1-5,7,13H,6H2. The quantitative estimate of drug-likeness (QED) is 0.730. The van der Waals surface area contributed by atoms with Crippen molar-refractivity contribution in [3.63, 3.8) is 0 Å². The molecule has 1 N–H and O–H groups in total. The Kier molecular flexibility index (Phi) is 2.23. The molecule has 0 aromatic heterocycles. The number of nitrogens with one attached hydrogen (secondary N) is 1. The molecule has 1 aliphatic heterocycles. The number of benzene rings is 1. The first kappa shape index (κ1) is 8.57. The highest BCUT2D eigenvalue weighted by Crippen LogP contribution is 2.25. The topological polar surface area (TPSA) is 12.0 Å². The highest BCUT2D eigenvalue weighted by atomic mass is 35.5.